The van der Waals surface area contributed by atoms with Crippen LogP contribution < -0.4 is 0 Å². The molecule has 0 unspecified atom stereocenters. The monoisotopic (exact) mass is 1560 g/mol. The third-order valence-electron chi connectivity index (χ3n) is 12.8. The van der Waals surface area contributed by atoms with Gasteiger partial charge in [-0.1, -0.05) is 174 Å². The van der Waals surface area contributed by atoms with Crippen LogP contribution in [-0.4, -0.2) is 19.9 Å². The van der Waals surface area contributed by atoms with E-state index in [1.807, 2.05) is 97.5 Å². The Bertz CT molecular complexity index is 3510. The molecule has 403 valence electrons. The van der Waals surface area contributed by atoms with E-state index in [-0.39, 0.29) is 71.1 Å². The molecule has 11 aromatic rings. The second kappa shape index (κ2) is 30.5. The maximum absolute atomic E-state index is 4.62. The number of nitrogens with zero attached hydrogens (tertiary/aromatic N) is 4. The molecule has 0 aliphatic heterocycles. The smallest absolute Gasteiger partial charge is 0.0198 e. The Balaban J connectivity index is 0.000000195. The zero-order valence-corrected chi connectivity index (χ0v) is 53.1. The third-order valence-corrected chi connectivity index (χ3v) is 12.8. The standard InChI is InChI=1S/2C21H20N.C19H16N.C11H8N.3Ir/c1-21(2,3)19-12-13-22-20(15-19)18-11-7-10-17(14-18)16-8-5-4-6-9-16;1-21(2,3)19-12-13-20(22-15-19)18-11-7-10-17(14-18)16-8-5-4-6-9-16;1-14-11-19(20-13-15(14)2)18-10-6-9-17(12-18)16-7-4-3-5-8-16;1-2-6-10(7-3-1)11-8-4-5-9-12-11;;;/h2*4-10,12-15H,1-3H3;3-9,11-13H,1-2H3;1-6,8-9H;;;/q4*-1;;;. The van der Waals surface area contributed by atoms with Gasteiger partial charge in [-0.05, 0) is 93.0 Å². The molecular formula is C72H64Ir3N4-4. The van der Waals surface area contributed by atoms with Crippen molar-refractivity contribution in [3.8, 4) is 78.4 Å². The van der Waals surface area contributed by atoms with E-state index in [2.05, 4.69) is 239 Å². The quantitative estimate of drug-likeness (QED) is 0.149. The van der Waals surface area contributed by atoms with Gasteiger partial charge in [-0.15, -0.1) is 142 Å². The van der Waals surface area contributed by atoms with Gasteiger partial charge >= 0.3 is 0 Å². The topological polar surface area (TPSA) is 51.6 Å². The molecule has 7 aromatic carbocycles. The number of hydrogen-bond acceptors (Lipinski definition) is 4. The number of aryl methyl sites for hydroxylation is 2. The van der Waals surface area contributed by atoms with Crippen molar-refractivity contribution in [2.24, 2.45) is 0 Å². The Morgan fingerprint density at radius 1 is 0.291 bits per heavy atom. The van der Waals surface area contributed by atoms with Gasteiger partial charge in [0, 0.05) is 85.1 Å². The van der Waals surface area contributed by atoms with E-state index in [4.69, 9.17) is 0 Å². The molecule has 0 bridgehead atoms. The van der Waals surface area contributed by atoms with Gasteiger partial charge in [0.2, 0.25) is 0 Å². The zero-order valence-electron chi connectivity index (χ0n) is 45.9. The third kappa shape index (κ3) is 18.3. The second-order valence-electron chi connectivity index (χ2n) is 20.6. The molecule has 79 heavy (non-hydrogen) atoms. The molecule has 0 fully saturated rings. The summed E-state index contributed by atoms with van der Waals surface area (Å²) in [7, 11) is 0. The summed E-state index contributed by atoms with van der Waals surface area (Å²) in [4.78, 5) is 17.9. The van der Waals surface area contributed by atoms with E-state index < -0.39 is 0 Å². The minimum Gasteiger partial charge on any atom is -0.305 e. The molecule has 0 saturated heterocycles. The van der Waals surface area contributed by atoms with Crippen LogP contribution in [0.1, 0.15) is 63.8 Å². The molecule has 0 aliphatic rings. The van der Waals surface area contributed by atoms with Crippen LogP contribution in [0.3, 0.4) is 0 Å². The van der Waals surface area contributed by atoms with E-state index in [0.29, 0.717) is 0 Å². The predicted octanol–water partition coefficient (Wildman–Crippen LogP) is 18.4. The Kier molecular flexibility index (Phi) is 24.3. The molecule has 0 amide bonds. The fraction of sp³-hybridized carbons (Fsp3) is 0.139. The maximum Gasteiger partial charge on any atom is 0.0198 e. The average molecular weight is 1560 g/mol. The summed E-state index contributed by atoms with van der Waals surface area (Å²) in [5.41, 5.74) is 20.5. The molecule has 4 nitrogen and oxygen atoms in total. The summed E-state index contributed by atoms with van der Waals surface area (Å²) in [6.45, 7) is 17.4. The summed E-state index contributed by atoms with van der Waals surface area (Å²) in [5, 5.41) is 0. The summed E-state index contributed by atoms with van der Waals surface area (Å²) in [5.74, 6) is 0. The van der Waals surface area contributed by atoms with E-state index in [1.165, 1.54) is 55.6 Å². The summed E-state index contributed by atoms with van der Waals surface area (Å²) in [6.07, 6.45) is 7.57. The number of aromatic nitrogens is 4. The van der Waals surface area contributed by atoms with Crippen molar-refractivity contribution < 1.29 is 60.3 Å². The number of pyridine rings is 4. The Morgan fingerprint density at radius 3 is 1.15 bits per heavy atom. The van der Waals surface area contributed by atoms with Gasteiger partial charge < -0.3 is 19.9 Å². The van der Waals surface area contributed by atoms with Crippen molar-refractivity contribution >= 4 is 0 Å². The van der Waals surface area contributed by atoms with Crippen LogP contribution in [0.4, 0.5) is 0 Å². The van der Waals surface area contributed by atoms with Crippen molar-refractivity contribution in [1.82, 2.24) is 19.9 Å². The SMILES string of the molecule is CC(C)(C)c1ccc(-c2[c-]ccc(-c3ccccc3)c2)nc1.CC(C)(C)c1ccnc(-c2[c-]ccc(-c3ccccc3)c2)c1.Cc1cnc(-c2[c-]ccc(-c3ccccc3)c2)cc1C.[Ir].[Ir].[Ir].[c-]1ccccc1-c1ccccn1. The van der Waals surface area contributed by atoms with Crippen molar-refractivity contribution in [2.75, 3.05) is 0 Å². The molecule has 4 aromatic heterocycles. The van der Waals surface area contributed by atoms with Gasteiger partial charge in [0.15, 0.2) is 0 Å². The van der Waals surface area contributed by atoms with Crippen LogP contribution >= 0.6 is 0 Å². The van der Waals surface area contributed by atoms with Crippen LogP contribution in [0.25, 0.3) is 78.4 Å². The van der Waals surface area contributed by atoms with Crippen LogP contribution in [0.15, 0.2) is 243 Å². The molecular weight excluding hydrogens is 1500 g/mol. The van der Waals surface area contributed by atoms with Crippen LogP contribution in [0.2, 0.25) is 0 Å². The van der Waals surface area contributed by atoms with E-state index >= 15 is 0 Å². The van der Waals surface area contributed by atoms with Gasteiger partial charge in [-0.25, -0.2) is 0 Å². The molecule has 11 rings (SSSR count). The number of rotatable bonds is 7. The number of benzene rings is 7. The van der Waals surface area contributed by atoms with Crippen molar-refractivity contribution in [3.05, 3.63) is 290 Å². The molecule has 0 aliphatic carbocycles. The van der Waals surface area contributed by atoms with E-state index in [1.54, 1.807) is 6.20 Å². The summed E-state index contributed by atoms with van der Waals surface area (Å²) < 4.78 is 0. The van der Waals surface area contributed by atoms with Gasteiger partial charge in [0.05, 0.1) is 0 Å². The zero-order chi connectivity index (χ0) is 53.3. The predicted molar refractivity (Wildman–Crippen MR) is 317 cm³/mol. The van der Waals surface area contributed by atoms with Gasteiger partial charge in [-0.3, -0.25) is 0 Å². The van der Waals surface area contributed by atoms with Crippen LogP contribution in [-0.2, 0) is 71.1 Å². The molecule has 0 spiro atoms. The largest absolute Gasteiger partial charge is 0.305 e. The Hall–Kier alpha value is -6.91. The first kappa shape index (κ1) is 62.9. The Morgan fingerprint density at radius 2 is 0.722 bits per heavy atom. The van der Waals surface area contributed by atoms with Gasteiger partial charge in [0.1, 0.15) is 0 Å². The molecule has 0 atom stereocenters. The van der Waals surface area contributed by atoms with Gasteiger partial charge in [-0.2, -0.15) is 0 Å². The first-order valence-corrected chi connectivity index (χ1v) is 25.8. The molecule has 0 N–H and O–H groups in total. The van der Waals surface area contributed by atoms with Gasteiger partial charge in [0.25, 0.3) is 0 Å². The molecule has 7 heteroatoms. The fourth-order valence-corrected chi connectivity index (χ4v) is 8.16. The minimum absolute atomic E-state index is 0. The minimum atomic E-state index is 0. The first-order chi connectivity index (χ1) is 36.8. The van der Waals surface area contributed by atoms with E-state index in [9.17, 15) is 0 Å². The van der Waals surface area contributed by atoms with E-state index in [0.717, 1.165) is 45.0 Å². The average Bonchev–Trinajstić information content (AvgIpc) is 3.50. The Labute approximate surface area is 510 Å². The first-order valence-electron chi connectivity index (χ1n) is 25.8. The molecule has 0 saturated carbocycles. The fourth-order valence-electron chi connectivity index (χ4n) is 8.16. The summed E-state index contributed by atoms with van der Waals surface area (Å²) >= 11 is 0. The summed E-state index contributed by atoms with van der Waals surface area (Å²) in [6, 6.07) is 87.1. The van der Waals surface area contributed by atoms with Crippen molar-refractivity contribution in [3.63, 3.8) is 0 Å². The normalized spacial score (nSPS) is 10.5. The maximum atomic E-state index is 4.62. The van der Waals surface area contributed by atoms with Crippen LogP contribution in [0.5, 0.6) is 0 Å². The molecule has 3 radical (unpaired) electrons. The van der Waals surface area contributed by atoms with Crippen molar-refractivity contribution in [1.29, 1.82) is 0 Å². The second-order valence-corrected chi connectivity index (χ2v) is 20.6. The molecule has 4 heterocycles. The van der Waals surface area contributed by atoms with Crippen LogP contribution in [0, 0.1) is 38.1 Å². The number of hydrogen-bond donors (Lipinski definition) is 0. The van der Waals surface area contributed by atoms with Crippen molar-refractivity contribution in [2.45, 2.75) is 66.2 Å².